The molecule has 42 valence electrons. The van der Waals surface area contributed by atoms with Crippen LogP contribution in [0.25, 0.3) is 0 Å². The summed E-state index contributed by atoms with van der Waals surface area (Å²) in [5, 5.41) is 0. The Morgan fingerprint density at radius 3 is 1.62 bits per heavy atom. The fourth-order valence-electron chi connectivity index (χ4n) is 0.826. The van der Waals surface area contributed by atoms with E-state index in [1.165, 1.54) is 11.1 Å². The van der Waals surface area contributed by atoms with Crippen molar-refractivity contribution in [2.24, 2.45) is 0 Å². The van der Waals surface area contributed by atoms with Gasteiger partial charge in [-0.15, -0.1) is 0 Å². The standard InChI is InChI=1S/C8H10/c1-6-4-7(2)8(3)5-6/h4-5H,1H2,2-3H3. The van der Waals surface area contributed by atoms with Crippen LogP contribution in [0, 0.1) is 0 Å². The summed E-state index contributed by atoms with van der Waals surface area (Å²) in [6.07, 6.45) is 4.19. The van der Waals surface area contributed by atoms with Crippen LogP contribution in [0.1, 0.15) is 13.8 Å². The van der Waals surface area contributed by atoms with Gasteiger partial charge >= 0.3 is 0 Å². The molecule has 0 aliphatic heterocycles. The molecule has 1 aliphatic carbocycles. The van der Waals surface area contributed by atoms with Crippen LogP contribution in [0.3, 0.4) is 0 Å². The molecule has 0 amide bonds. The summed E-state index contributed by atoms with van der Waals surface area (Å²) in [7, 11) is 0. The van der Waals surface area contributed by atoms with Gasteiger partial charge in [-0.25, -0.2) is 0 Å². The Hall–Kier alpha value is -0.780. The minimum atomic E-state index is 1.13. The largest absolute Gasteiger partial charge is 0.0917 e. The van der Waals surface area contributed by atoms with Crippen molar-refractivity contribution in [3.8, 4) is 0 Å². The third kappa shape index (κ3) is 0.738. The molecule has 1 rings (SSSR count). The third-order valence-electron chi connectivity index (χ3n) is 1.43. The Bertz CT molecular complexity index is 160. The summed E-state index contributed by atoms with van der Waals surface area (Å²) in [5.41, 5.74) is 3.81. The zero-order valence-corrected chi connectivity index (χ0v) is 5.36. The topological polar surface area (TPSA) is 0 Å². The quantitative estimate of drug-likeness (QED) is 0.445. The Morgan fingerprint density at radius 2 is 1.50 bits per heavy atom. The number of hydrogen-bond acceptors (Lipinski definition) is 0. The van der Waals surface area contributed by atoms with Gasteiger partial charge in [-0.3, -0.25) is 0 Å². The minimum Gasteiger partial charge on any atom is -0.0917 e. The molecule has 0 spiro atoms. The molecule has 8 heavy (non-hydrogen) atoms. The van der Waals surface area contributed by atoms with Crippen molar-refractivity contribution in [1.29, 1.82) is 0 Å². The highest BCUT2D eigenvalue weighted by atomic mass is 14.1. The molecule has 0 aromatic heterocycles. The highest BCUT2D eigenvalue weighted by Crippen LogP contribution is 2.19. The van der Waals surface area contributed by atoms with Gasteiger partial charge in [0, 0.05) is 0 Å². The van der Waals surface area contributed by atoms with Gasteiger partial charge in [0.15, 0.2) is 0 Å². The Balaban J connectivity index is 2.98. The van der Waals surface area contributed by atoms with E-state index in [9.17, 15) is 0 Å². The average molecular weight is 106 g/mol. The number of allylic oxidation sites excluding steroid dienone is 5. The second kappa shape index (κ2) is 1.62. The molecular formula is C8H10. The zero-order valence-electron chi connectivity index (χ0n) is 5.36. The van der Waals surface area contributed by atoms with Gasteiger partial charge < -0.3 is 0 Å². The van der Waals surface area contributed by atoms with Crippen LogP contribution in [0.4, 0.5) is 0 Å². The first-order valence-electron chi connectivity index (χ1n) is 2.76. The predicted molar refractivity (Wildman–Crippen MR) is 36.7 cm³/mol. The van der Waals surface area contributed by atoms with Crippen LogP contribution >= 0.6 is 0 Å². The van der Waals surface area contributed by atoms with E-state index in [0.717, 1.165) is 5.57 Å². The lowest BCUT2D eigenvalue weighted by molar-refractivity contribution is 1.39. The maximum absolute atomic E-state index is 3.80. The second-order valence-electron chi connectivity index (χ2n) is 2.23. The van der Waals surface area contributed by atoms with E-state index in [2.05, 4.69) is 32.6 Å². The maximum atomic E-state index is 3.80. The summed E-state index contributed by atoms with van der Waals surface area (Å²) in [4.78, 5) is 0. The minimum absolute atomic E-state index is 1.13. The lowest BCUT2D eigenvalue weighted by Gasteiger charge is -1.87. The van der Waals surface area contributed by atoms with E-state index in [1.54, 1.807) is 0 Å². The second-order valence-corrected chi connectivity index (χ2v) is 2.23. The van der Waals surface area contributed by atoms with Gasteiger partial charge in [-0.05, 0) is 30.6 Å². The molecule has 0 heterocycles. The SMILES string of the molecule is C=C1C=C(C)C(C)=C1. The van der Waals surface area contributed by atoms with Gasteiger partial charge in [0.05, 0.1) is 0 Å². The highest BCUT2D eigenvalue weighted by Gasteiger charge is 1.99. The fourth-order valence-corrected chi connectivity index (χ4v) is 0.826. The van der Waals surface area contributed by atoms with Gasteiger partial charge in [0.2, 0.25) is 0 Å². The molecule has 0 fully saturated rings. The van der Waals surface area contributed by atoms with Crippen LogP contribution in [-0.2, 0) is 0 Å². The van der Waals surface area contributed by atoms with Crippen molar-refractivity contribution >= 4 is 0 Å². The average Bonchev–Trinajstić information content (AvgIpc) is 1.85. The molecule has 0 radical (unpaired) electrons. The molecule has 0 aromatic rings. The molecule has 0 nitrogen and oxygen atoms in total. The van der Waals surface area contributed by atoms with Crippen LogP contribution < -0.4 is 0 Å². The van der Waals surface area contributed by atoms with E-state index in [0.29, 0.717) is 0 Å². The number of rotatable bonds is 0. The molecular weight excluding hydrogens is 96.1 g/mol. The first kappa shape index (κ1) is 5.36. The van der Waals surface area contributed by atoms with E-state index in [4.69, 9.17) is 0 Å². The van der Waals surface area contributed by atoms with Gasteiger partial charge in [-0.1, -0.05) is 18.7 Å². The summed E-state index contributed by atoms with van der Waals surface area (Å²) >= 11 is 0. The van der Waals surface area contributed by atoms with Crippen LogP contribution in [0.2, 0.25) is 0 Å². The Kier molecular flexibility index (Phi) is 1.09. The van der Waals surface area contributed by atoms with Gasteiger partial charge in [-0.2, -0.15) is 0 Å². The van der Waals surface area contributed by atoms with Crippen molar-refractivity contribution in [2.45, 2.75) is 13.8 Å². The molecule has 1 aliphatic rings. The molecule has 0 aromatic carbocycles. The highest BCUT2D eigenvalue weighted by molar-refractivity contribution is 5.48. The lowest BCUT2D eigenvalue weighted by atomic mass is 10.2. The van der Waals surface area contributed by atoms with Gasteiger partial charge in [0.1, 0.15) is 0 Å². The molecule has 0 saturated carbocycles. The van der Waals surface area contributed by atoms with E-state index >= 15 is 0 Å². The summed E-state index contributed by atoms with van der Waals surface area (Å²) in [6.45, 7) is 8.00. The van der Waals surface area contributed by atoms with E-state index in [-0.39, 0.29) is 0 Å². The number of hydrogen-bond donors (Lipinski definition) is 0. The molecule has 0 atom stereocenters. The Morgan fingerprint density at radius 1 is 1.12 bits per heavy atom. The predicted octanol–water partition coefficient (Wildman–Crippen LogP) is 2.45. The summed E-state index contributed by atoms with van der Waals surface area (Å²) in [6, 6.07) is 0. The first-order valence-corrected chi connectivity index (χ1v) is 2.76. The van der Waals surface area contributed by atoms with Crippen LogP contribution in [-0.4, -0.2) is 0 Å². The van der Waals surface area contributed by atoms with Crippen molar-refractivity contribution in [2.75, 3.05) is 0 Å². The maximum Gasteiger partial charge on any atom is -0.0323 e. The van der Waals surface area contributed by atoms with E-state index < -0.39 is 0 Å². The monoisotopic (exact) mass is 106 g/mol. The molecule has 0 heteroatoms. The molecule has 0 bridgehead atoms. The first-order chi connectivity index (χ1) is 3.70. The Labute approximate surface area is 50.2 Å². The van der Waals surface area contributed by atoms with E-state index in [1.807, 2.05) is 0 Å². The fraction of sp³-hybridized carbons (Fsp3) is 0.250. The third-order valence-corrected chi connectivity index (χ3v) is 1.43. The summed E-state index contributed by atoms with van der Waals surface area (Å²) < 4.78 is 0. The van der Waals surface area contributed by atoms with Crippen LogP contribution in [0.15, 0.2) is 35.5 Å². The zero-order chi connectivity index (χ0) is 6.15. The van der Waals surface area contributed by atoms with Crippen molar-refractivity contribution in [3.05, 3.63) is 35.5 Å². The lowest BCUT2D eigenvalue weighted by Crippen LogP contribution is -1.67. The smallest absolute Gasteiger partial charge is 0.0323 e. The summed E-state index contributed by atoms with van der Waals surface area (Å²) in [5.74, 6) is 0. The molecule has 0 N–H and O–H groups in total. The normalized spacial score (nSPS) is 18.5. The van der Waals surface area contributed by atoms with Crippen LogP contribution in [0.5, 0.6) is 0 Å². The molecule has 0 unspecified atom stereocenters. The van der Waals surface area contributed by atoms with Crippen molar-refractivity contribution < 1.29 is 0 Å². The van der Waals surface area contributed by atoms with Crippen molar-refractivity contribution in [3.63, 3.8) is 0 Å². The molecule has 0 saturated heterocycles. The van der Waals surface area contributed by atoms with Gasteiger partial charge in [0.25, 0.3) is 0 Å². The van der Waals surface area contributed by atoms with Crippen molar-refractivity contribution in [1.82, 2.24) is 0 Å².